The van der Waals surface area contributed by atoms with Gasteiger partial charge in [0.1, 0.15) is 5.75 Å². The number of benzene rings is 1. The third kappa shape index (κ3) is 3.60. The molecule has 0 radical (unpaired) electrons. The molecule has 3 rings (SSSR count). The second kappa shape index (κ2) is 5.76. The Morgan fingerprint density at radius 3 is 2.16 bits per heavy atom. The number of alkyl halides is 6. The predicted molar refractivity (Wildman–Crippen MR) is 72.9 cm³/mol. The smallest absolute Gasteiger partial charge is 0.406 e. The molecule has 0 fully saturated rings. The van der Waals surface area contributed by atoms with Gasteiger partial charge in [-0.25, -0.2) is 4.98 Å². The van der Waals surface area contributed by atoms with Gasteiger partial charge in [-0.3, -0.25) is 4.40 Å². The van der Waals surface area contributed by atoms with Crippen molar-refractivity contribution in [2.24, 2.45) is 0 Å². The number of fused-ring (bicyclic) bond motifs is 1. The number of ether oxygens (including phenoxy) is 1. The van der Waals surface area contributed by atoms with Crippen LogP contribution in [0.4, 0.5) is 26.3 Å². The summed E-state index contributed by atoms with van der Waals surface area (Å²) in [5.74, 6) is -1.78. The number of aromatic nitrogens is 4. The first-order chi connectivity index (χ1) is 11.5. The fraction of sp³-hybridized carbons (Fsp3) is 0.154. The van der Waals surface area contributed by atoms with E-state index < -0.39 is 24.1 Å². The normalized spacial score (nSPS) is 12.6. The van der Waals surface area contributed by atoms with Crippen LogP contribution in [0.25, 0.3) is 16.9 Å². The molecule has 2 aromatic heterocycles. The summed E-state index contributed by atoms with van der Waals surface area (Å²) in [6, 6.07) is 4.39. The lowest BCUT2D eigenvalue weighted by molar-refractivity contribution is -0.274. The lowest BCUT2D eigenvalue weighted by Gasteiger charge is -2.10. The van der Waals surface area contributed by atoms with Crippen molar-refractivity contribution in [3.05, 3.63) is 41.4 Å². The van der Waals surface area contributed by atoms with Crippen molar-refractivity contribution in [2.45, 2.75) is 12.5 Å². The van der Waals surface area contributed by atoms with Crippen molar-refractivity contribution in [3.8, 4) is 17.0 Å². The van der Waals surface area contributed by atoms with Crippen molar-refractivity contribution in [1.29, 1.82) is 0 Å². The van der Waals surface area contributed by atoms with Gasteiger partial charge in [0.25, 0.3) is 0 Å². The number of rotatable bonds is 2. The van der Waals surface area contributed by atoms with Crippen LogP contribution >= 0.6 is 11.6 Å². The molecular weight excluding hydrogens is 378 g/mol. The van der Waals surface area contributed by atoms with Crippen molar-refractivity contribution < 1.29 is 31.1 Å². The monoisotopic (exact) mass is 382 g/mol. The van der Waals surface area contributed by atoms with E-state index in [2.05, 4.69) is 19.9 Å². The van der Waals surface area contributed by atoms with Crippen LogP contribution in [-0.4, -0.2) is 25.9 Å². The van der Waals surface area contributed by atoms with Gasteiger partial charge in [0.15, 0.2) is 10.8 Å². The maximum Gasteiger partial charge on any atom is 0.573 e. The first-order valence-electron chi connectivity index (χ1n) is 6.39. The van der Waals surface area contributed by atoms with E-state index in [1.54, 1.807) is 0 Å². The van der Waals surface area contributed by atoms with Crippen molar-refractivity contribution in [3.63, 3.8) is 0 Å². The minimum atomic E-state index is -4.86. The third-order valence-electron chi connectivity index (χ3n) is 2.99. The van der Waals surface area contributed by atoms with Crippen molar-refractivity contribution >= 4 is 17.2 Å². The maximum atomic E-state index is 12.9. The molecule has 132 valence electrons. The second-order valence-corrected chi connectivity index (χ2v) is 5.06. The molecule has 0 bridgehead atoms. The van der Waals surface area contributed by atoms with E-state index in [1.807, 2.05) is 0 Å². The summed E-state index contributed by atoms with van der Waals surface area (Å²) in [6.45, 7) is 0. The summed E-state index contributed by atoms with van der Waals surface area (Å²) >= 11 is 5.82. The highest BCUT2D eigenvalue weighted by atomic mass is 35.5. The Morgan fingerprint density at radius 2 is 1.60 bits per heavy atom. The lowest BCUT2D eigenvalue weighted by Crippen LogP contribution is -2.16. The molecule has 0 saturated carbocycles. The minimum Gasteiger partial charge on any atom is -0.406 e. The molecule has 0 atom stereocenters. The Bertz CT molecular complexity index is 919. The Hall–Kier alpha value is -2.56. The highest BCUT2D eigenvalue weighted by Gasteiger charge is 2.37. The molecule has 0 N–H and O–H groups in total. The Labute approximate surface area is 139 Å². The second-order valence-electron chi connectivity index (χ2n) is 4.70. The van der Waals surface area contributed by atoms with Gasteiger partial charge < -0.3 is 4.74 Å². The van der Waals surface area contributed by atoms with E-state index in [-0.39, 0.29) is 22.1 Å². The largest absolute Gasteiger partial charge is 0.573 e. The average molecular weight is 383 g/mol. The highest BCUT2D eigenvalue weighted by molar-refractivity contribution is 6.32. The first-order valence-corrected chi connectivity index (χ1v) is 6.77. The van der Waals surface area contributed by atoms with Crippen LogP contribution in [0, 0.1) is 0 Å². The van der Waals surface area contributed by atoms with E-state index in [9.17, 15) is 26.3 Å². The topological polar surface area (TPSA) is 52.3 Å². The van der Waals surface area contributed by atoms with Crippen molar-refractivity contribution in [2.75, 3.05) is 0 Å². The van der Waals surface area contributed by atoms with Crippen LogP contribution < -0.4 is 4.74 Å². The Balaban J connectivity index is 2.04. The zero-order valence-electron chi connectivity index (χ0n) is 11.7. The van der Waals surface area contributed by atoms with E-state index >= 15 is 0 Å². The highest BCUT2D eigenvalue weighted by Crippen LogP contribution is 2.31. The van der Waals surface area contributed by atoms with E-state index in [0.29, 0.717) is 4.40 Å². The first kappa shape index (κ1) is 17.3. The summed E-state index contributed by atoms with van der Waals surface area (Å²) in [7, 11) is 0. The molecule has 2 heterocycles. The molecule has 3 aromatic rings. The molecular formula is C13H5ClF6N4O. The van der Waals surface area contributed by atoms with E-state index in [0.717, 1.165) is 18.3 Å². The fourth-order valence-corrected chi connectivity index (χ4v) is 2.24. The molecule has 5 nitrogen and oxygen atoms in total. The molecule has 0 unspecified atom stereocenters. The van der Waals surface area contributed by atoms with Gasteiger partial charge in [-0.15, -0.1) is 23.4 Å². The number of hydrogen-bond acceptors (Lipinski definition) is 4. The predicted octanol–water partition coefficient (Wildman–Crippen LogP) is 4.36. The van der Waals surface area contributed by atoms with Crippen LogP contribution in [0.2, 0.25) is 5.15 Å². The summed E-state index contributed by atoms with van der Waals surface area (Å²) in [5.41, 5.74) is -0.0868. The van der Waals surface area contributed by atoms with Crippen LogP contribution in [0.15, 0.2) is 30.5 Å². The molecule has 12 heteroatoms. The van der Waals surface area contributed by atoms with Crippen LogP contribution in [0.3, 0.4) is 0 Å². The number of nitrogens with zero attached hydrogens (tertiary/aromatic N) is 4. The summed E-state index contributed by atoms with van der Waals surface area (Å²) in [5, 5.41) is 6.03. The summed E-state index contributed by atoms with van der Waals surface area (Å²) in [6.07, 6.45) is -8.64. The third-order valence-corrected chi connectivity index (χ3v) is 3.24. The molecule has 0 spiro atoms. The average Bonchev–Trinajstić information content (AvgIpc) is 2.91. The van der Waals surface area contributed by atoms with Gasteiger partial charge in [-0.1, -0.05) is 11.6 Å². The Kier molecular flexibility index (Phi) is 3.98. The fourth-order valence-electron chi connectivity index (χ4n) is 2.02. The van der Waals surface area contributed by atoms with Crippen LogP contribution in [-0.2, 0) is 6.18 Å². The molecule has 0 aliphatic rings. The van der Waals surface area contributed by atoms with Gasteiger partial charge in [-0.05, 0) is 24.3 Å². The van der Waals surface area contributed by atoms with Gasteiger partial charge >= 0.3 is 12.5 Å². The molecule has 1 aromatic carbocycles. The van der Waals surface area contributed by atoms with Gasteiger partial charge in [0.2, 0.25) is 5.82 Å². The maximum absolute atomic E-state index is 12.9. The van der Waals surface area contributed by atoms with E-state index in [1.165, 1.54) is 12.1 Å². The van der Waals surface area contributed by atoms with Gasteiger partial charge in [-0.2, -0.15) is 13.2 Å². The van der Waals surface area contributed by atoms with Crippen LogP contribution in [0.5, 0.6) is 5.75 Å². The number of halogens is 7. The van der Waals surface area contributed by atoms with E-state index in [4.69, 9.17) is 11.6 Å². The molecule has 0 amide bonds. The van der Waals surface area contributed by atoms with Crippen molar-refractivity contribution in [1.82, 2.24) is 19.6 Å². The molecule has 25 heavy (non-hydrogen) atoms. The molecule has 0 saturated heterocycles. The van der Waals surface area contributed by atoms with Gasteiger partial charge in [0, 0.05) is 11.8 Å². The molecule has 0 aliphatic carbocycles. The minimum absolute atomic E-state index is 0.0126. The standard InChI is InChI=1S/C13H5ClF6N4O/c14-9-10-22-23-11(12(15,16)17)24(10)5-8(21-9)6-1-3-7(4-2-6)25-13(18,19)20/h1-5H. The zero-order valence-corrected chi connectivity index (χ0v) is 12.5. The number of hydrogen-bond donors (Lipinski definition) is 0. The molecule has 0 aliphatic heterocycles. The Morgan fingerprint density at radius 1 is 0.960 bits per heavy atom. The zero-order chi connectivity index (χ0) is 18.4. The lowest BCUT2D eigenvalue weighted by atomic mass is 10.1. The summed E-state index contributed by atoms with van der Waals surface area (Å²) in [4.78, 5) is 3.88. The quantitative estimate of drug-likeness (QED) is 0.618. The SMILES string of the molecule is FC(F)(F)Oc1ccc(-c2cn3c(C(F)(F)F)nnc3c(Cl)n2)cc1. The van der Waals surface area contributed by atoms with Crippen LogP contribution in [0.1, 0.15) is 5.82 Å². The van der Waals surface area contributed by atoms with Gasteiger partial charge in [0.05, 0.1) is 5.69 Å². The summed E-state index contributed by atoms with van der Waals surface area (Å²) < 4.78 is 79.5.